The van der Waals surface area contributed by atoms with E-state index in [1.54, 1.807) is 30.3 Å². The van der Waals surface area contributed by atoms with Crippen LogP contribution in [0.3, 0.4) is 0 Å². The Balaban J connectivity index is 1.78. The molecular weight excluding hydrogens is 404 g/mol. The van der Waals surface area contributed by atoms with Crippen LogP contribution in [0.2, 0.25) is 0 Å². The molecule has 0 N–H and O–H groups in total. The van der Waals surface area contributed by atoms with Crippen molar-refractivity contribution in [2.45, 2.75) is 6.92 Å². The third-order valence-electron chi connectivity index (χ3n) is 4.73. The van der Waals surface area contributed by atoms with Gasteiger partial charge in [-0.1, -0.05) is 6.07 Å². The second-order valence-electron chi connectivity index (χ2n) is 6.82. The highest BCUT2D eigenvalue weighted by atomic mass is 16.6. The molecule has 3 aromatic rings. The molecular formula is C23H26O8. The maximum atomic E-state index is 13.5. The van der Waals surface area contributed by atoms with Gasteiger partial charge in [0.2, 0.25) is 5.43 Å². The minimum atomic E-state index is -0.221. The van der Waals surface area contributed by atoms with Crippen molar-refractivity contribution in [3.05, 3.63) is 40.6 Å². The van der Waals surface area contributed by atoms with Gasteiger partial charge in [-0.2, -0.15) is 0 Å². The number of ether oxygens (including phenoxy) is 6. The molecule has 0 saturated heterocycles. The Morgan fingerprint density at radius 2 is 1.39 bits per heavy atom. The Morgan fingerprint density at radius 3 is 2.06 bits per heavy atom. The number of hydrogen-bond donors (Lipinski definition) is 0. The van der Waals surface area contributed by atoms with E-state index in [9.17, 15) is 4.79 Å². The maximum absolute atomic E-state index is 13.5. The van der Waals surface area contributed by atoms with E-state index < -0.39 is 0 Å². The van der Waals surface area contributed by atoms with Gasteiger partial charge in [0.05, 0.1) is 46.2 Å². The third kappa shape index (κ3) is 5.10. The van der Waals surface area contributed by atoms with Gasteiger partial charge in [0.15, 0.2) is 0 Å². The molecule has 2 bridgehead atoms. The van der Waals surface area contributed by atoms with Crippen molar-refractivity contribution in [1.29, 1.82) is 0 Å². The lowest BCUT2D eigenvalue weighted by atomic mass is 10.1. The van der Waals surface area contributed by atoms with Gasteiger partial charge in [0, 0.05) is 12.1 Å². The first-order valence-electron chi connectivity index (χ1n) is 10.4. The molecule has 0 fully saturated rings. The summed E-state index contributed by atoms with van der Waals surface area (Å²) in [6, 6.07) is 8.68. The first-order chi connectivity index (χ1) is 15.3. The summed E-state index contributed by atoms with van der Waals surface area (Å²) in [5.74, 6) is 1.39. The summed E-state index contributed by atoms with van der Waals surface area (Å²) in [5.41, 5.74) is 0.602. The zero-order valence-corrected chi connectivity index (χ0v) is 17.5. The SMILES string of the molecule is CCOc1cc2c3c(=O)c4c(cccc4oc3c1)OCCOCCOCCOCCO2. The van der Waals surface area contributed by atoms with E-state index in [1.165, 1.54) is 0 Å². The van der Waals surface area contributed by atoms with Crippen molar-refractivity contribution < 1.29 is 32.8 Å². The van der Waals surface area contributed by atoms with Crippen LogP contribution >= 0.6 is 0 Å². The molecule has 0 aliphatic carbocycles. The fourth-order valence-electron chi connectivity index (χ4n) is 3.38. The second-order valence-corrected chi connectivity index (χ2v) is 6.82. The van der Waals surface area contributed by atoms with Crippen molar-refractivity contribution >= 4 is 21.9 Å². The van der Waals surface area contributed by atoms with Crippen LogP contribution in [0.1, 0.15) is 6.92 Å². The summed E-state index contributed by atoms with van der Waals surface area (Å²) in [7, 11) is 0. The zero-order chi connectivity index (χ0) is 21.5. The van der Waals surface area contributed by atoms with Crippen LogP contribution in [0.4, 0.5) is 0 Å². The van der Waals surface area contributed by atoms with Gasteiger partial charge in [-0.25, -0.2) is 0 Å². The van der Waals surface area contributed by atoms with Gasteiger partial charge in [-0.05, 0) is 19.1 Å². The lowest BCUT2D eigenvalue weighted by Gasteiger charge is -2.14. The number of rotatable bonds is 2. The fourth-order valence-corrected chi connectivity index (χ4v) is 3.38. The molecule has 2 aromatic carbocycles. The van der Waals surface area contributed by atoms with Crippen LogP contribution in [-0.4, -0.2) is 59.5 Å². The normalized spacial score (nSPS) is 16.5. The molecule has 31 heavy (non-hydrogen) atoms. The van der Waals surface area contributed by atoms with Crippen molar-refractivity contribution in [1.82, 2.24) is 0 Å². The Hall–Kier alpha value is -2.81. The van der Waals surface area contributed by atoms with E-state index in [1.807, 2.05) is 6.92 Å². The molecule has 1 aromatic heterocycles. The molecule has 0 unspecified atom stereocenters. The van der Waals surface area contributed by atoms with Crippen molar-refractivity contribution in [3.8, 4) is 17.2 Å². The predicted molar refractivity (Wildman–Crippen MR) is 115 cm³/mol. The van der Waals surface area contributed by atoms with Crippen LogP contribution in [0.25, 0.3) is 21.9 Å². The van der Waals surface area contributed by atoms with Gasteiger partial charge < -0.3 is 32.8 Å². The van der Waals surface area contributed by atoms with Gasteiger partial charge >= 0.3 is 0 Å². The maximum Gasteiger partial charge on any atom is 0.208 e. The average molecular weight is 430 g/mol. The van der Waals surface area contributed by atoms with Gasteiger partial charge in [0.1, 0.15) is 52.4 Å². The molecule has 8 heteroatoms. The second kappa shape index (κ2) is 10.5. The summed E-state index contributed by atoms with van der Waals surface area (Å²) >= 11 is 0. The first-order valence-corrected chi connectivity index (χ1v) is 10.4. The predicted octanol–water partition coefficient (Wildman–Crippen LogP) is 3.17. The minimum Gasteiger partial charge on any atom is -0.494 e. The molecule has 166 valence electrons. The molecule has 8 nitrogen and oxygen atoms in total. The monoisotopic (exact) mass is 430 g/mol. The highest BCUT2D eigenvalue weighted by molar-refractivity contribution is 5.96. The van der Waals surface area contributed by atoms with Crippen LogP contribution in [0, 0.1) is 0 Å². The fraction of sp³-hybridized carbons (Fsp3) is 0.435. The molecule has 0 atom stereocenters. The van der Waals surface area contributed by atoms with Crippen molar-refractivity contribution in [2.75, 3.05) is 59.5 Å². The lowest BCUT2D eigenvalue weighted by molar-refractivity contribution is 0.00507. The van der Waals surface area contributed by atoms with E-state index in [2.05, 4.69) is 0 Å². The first kappa shape index (κ1) is 21.4. The Labute approximate surface area is 179 Å². The molecule has 4 rings (SSSR count). The summed E-state index contributed by atoms with van der Waals surface area (Å²) in [5, 5.41) is 0.706. The Kier molecular flexibility index (Phi) is 7.24. The van der Waals surface area contributed by atoms with E-state index >= 15 is 0 Å². The summed E-state index contributed by atoms with van der Waals surface area (Å²) in [6.07, 6.45) is 0. The largest absolute Gasteiger partial charge is 0.494 e. The standard InChI is InChI=1S/C23H26O8/c1-2-28-16-14-19-22-20(15-16)31-18-5-3-4-17(21(18)23(22)24)29-12-10-26-8-6-25-7-9-27-11-13-30-19/h3-5,14-15H,2,6-13H2,1H3. The minimum absolute atomic E-state index is 0.221. The molecule has 0 spiro atoms. The van der Waals surface area contributed by atoms with E-state index in [4.69, 9.17) is 32.8 Å². The lowest BCUT2D eigenvalue weighted by Crippen LogP contribution is -2.16. The third-order valence-corrected chi connectivity index (χ3v) is 4.73. The van der Waals surface area contributed by atoms with Crippen LogP contribution in [0.15, 0.2) is 39.5 Å². The molecule has 2 heterocycles. The molecule has 1 aliphatic rings. The van der Waals surface area contributed by atoms with Crippen molar-refractivity contribution in [3.63, 3.8) is 0 Å². The smallest absolute Gasteiger partial charge is 0.208 e. The van der Waals surface area contributed by atoms with Crippen LogP contribution in [0.5, 0.6) is 17.2 Å². The highest BCUT2D eigenvalue weighted by Gasteiger charge is 2.18. The van der Waals surface area contributed by atoms with E-state index in [0.717, 1.165) is 0 Å². The van der Waals surface area contributed by atoms with Gasteiger partial charge in [-0.3, -0.25) is 4.79 Å². The molecule has 1 aliphatic heterocycles. The summed E-state index contributed by atoms with van der Waals surface area (Å²) in [6.45, 7) is 5.51. The summed E-state index contributed by atoms with van der Waals surface area (Å²) in [4.78, 5) is 13.5. The number of hydrogen-bond acceptors (Lipinski definition) is 8. The van der Waals surface area contributed by atoms with Crippen LogP contribution in [-0.2, 0) is 14.2 Å². The van der Waals surface area contributed by atoms with Gasteiger partial charge in [0.25, 0.3) is 0 Å². The molecule has 0 saturated carbocycles. The topological polar surface area (TPSA) is 85.6 Å². The Morgan fingerprint density at radius 1 is 0.774 bits per heavy atom. The Bertz CT molecular complexity index is 1070. The molecule has 0 radical (unpaired) electrons. The van der Waals surface area contributed by atoms with Crippen LogP contribution < -0.4 is 19.6 Å². The van der Waals surface area contributed by atoms with Crippen molar-refractivity contribution in [2.24, 2.45) is 0 Å². The van der Waals surface area contributed by atoms with E-state index in [0.29, 0.717) is 92.0 Å². The number of benzene rings is 2. The zero-order valence-electron chi connectivity index (χ0n) is 17.5. The van der Waals surface area contributed by atoms with Gasteiger partial charge in [-0.15, -0.1) is 0 Å². The average Bonchev–Trinajstić information content (AvgIpc) is 2.76. The molecule has 0 amide bonds. The highest BCUT2D eigenvalue weighted by Crippen LogP contribution is 2.33. The quantitative estimate of drug-likeness (QED) is 0.573. The van der Waals surface area contributed by atoms with E-state index in [-0.39, 0.29) is 12.0 Å². The summed E-state index contributed by atoms with van der Waals surface area (Å²) < 4.78 is 40.0.